The average molecular weight is 254 g/mol. The van der Waals surface area contributed by atoms with E-state index < -0.39 is 16.4 Å². The first kappa shape index (κ1) is 14.6. The number of nitro groups is 1. The molecule has 100 valence electrons. The summed E-state index contributed by atoms with van der Waals surface area (Å²) in [5.41, 5.74) is -0.0393. The van der Waals surface area contributed by atoms with Gasteiger partial charge < -0.3 is 5.32 Å². The fourth-order valence-electron chi connectivity index (χ4n) is 2.25. The normalized spacial score (nSPS) is 14.2. The molecular weight excluding hydrogens is 235 g/mol. The predicted octanol–water partition coefficient (Wildman–Crippen LogP) is 2.91. The van der Waals surface area contributed by atoms with Gasteiger partial charge in [-0.3, -0.25) is 10.1 Å². The van der Waals surface area contributed by atoms with Crippen molar-refractivity contribution in [3.8, 4) is 0 Å². The molecule has 0 saturated heterocycles. The van der Waals surface area contributed by atoms with Crippen molar-refractivity contribution in [1.82, 2.24) is 5.32 Å². The van der Waals surface area contributed by atoms with Crippen molar-refractivity contribution in [1.29, 1.82) is 0 Å². The van der Waals surface area contributed by atoms with Crippen LogP contribution in [0.5, 0.6) is 0 Å². The summed E-state index contributed by atoms with van der Waals surface area (Å²) in [7, 11) is 1.87. The summed E-state index contributed by atoms with van der Waals surface area (Å²) in [5, 5.41) is 13.8. The summed E-state index contributed by atoms with van der Waals surface area (Å²) >= 11 is 0. The SMILES string of the molecule is CCC(NC)C(C)Cc1cccc([N+](=O)[O-])c1F. The number of halogens is 1. The van der Waals surface area contributed by atoms with Crippen molar-refractivity contribution >= 4 is 5.69 Å². The van der Waals surface area contributed by atoms with Crippen LogP contribution in [0.1, 0.15) is 25.8 Å². The van der Waals surface area contributed by atoms with Gasteiger partial charge in [0.1, 0.15) is 0 Å². The molecule has 0 aliphatic carbocycles. The molecule has 0 fully saturated rings. The summed E-state index contributed by atoms with van der Waals surface area (Å²) in [5.74, 6) is -0.489. The standard InChI is InChI=1S/C13H19FN2O2/c1-4-11(15-3)9(2)8-10-6-5-7-12(13(10)14)16(17)18/h5-7,9,11,15H,4,8H2,1-3H3. The monoisotopic (exact) mass is 254 g/mol. The minimum atomic E-state index is -0.708. The van der Waals surface area contributed by atoms with E-state index in [0.717, 1.165) is 6.42 Å². The number of benzene rings is 1. The molecule has 0 radical (unpaired) electrons. The van der Waals surface area contributed by atoms with Gasteiger partial charge in [-0.05, 0) is 31.4 Å². The maximum absolute atomic E-state index is 13.9. The molecule has 0 spiro atoms. The van der Waals surface area contributed by atoms with Gasteiger partial charge in [-0.15, -0.1) is 0 Å². The van der Waals surface area contributed by atoms with E-state index in [9.17, 15) is 14.5 Å². The van der Waals surface area contributed by atoms with Crippen LogP contribution in [0.25, 0.3) is 0 Å². The zero-order chi connectivity index (χ0) is 13.7. The van der Waals surface area contributed by atoms with Crippen molar-refractivity contribution in [3.63, 3.8) is 0 Å². The Kier molecular flexibility index (Phi) is 5.22. The minimum Gasteiger partial charge on any atom is -0.317 e. The molecule has 2 atom stereocenters. The van der Waals surface area contributed by atoms with Crippen LogP contribution in [-0.2, 0) is 6.42 Å². The number of nitrogens with one attached hydrogen (secondary N) is 1. The van der Waals surface area contributed by atoms with Gasteiger partial charge in [0.2, 0.25) is 5.82 Å². The van der Waals surface area contributed by atoms with Crippen molar-refractivity contribution in [2.75, 3.05) is 7.05 Å². The largest absolute Gasteiger partial charge is 0.317 e. The second-order valence-corrected chi connectivity index (χ2v) is 4.49. The Bertz CT molecular complexity index is 419. The smallest absolute Gasteiger partial charge is 0.305 e. The van der Waals surface area contributed by atoms with Gasteiger partial charge in [0, 0.05) is 12.1 Å². The third-order valence-electron chi connectivity index (χ3n) is 3.29. The van der Waals surface area contributed by atoms with Crippen molar-refractivity contribution < 1.29 is 9.31 Å². The van der Waals surface area contributed by atoms with E-state index in [1.807, 2.05) is 14.0 Å². The number of hydrogen-bond donors (Lipinski definition) is 1. The molecule has 1 rings (SSSR count). The maximum atomic E-state index is 13.9. The fourth-order valence-corrected chi connectivity index (χ4v) is 2.25. The molecule has 1 aromatic rings. The van der Waals surface area contributed by atoms with E-state index in [-0.39, 0.29) is 12.0 Å². The van der Waals surface area contributed by atoms with Crippen LogP contribution in [0.15, 0.2) is 18.2 Å². The van der Waals surface area contributed by atoms with E-state index in [1.54, 1.807) is 6.07 Å². The molecule has 0 saturated carbocycles. The molecular formula is C13H19FN2O2. The molecule has 4 nitrogen and oxygen atoms in total. The van der Waals surface area contributed by atoms with Crippen molar-refractivity contribution in [2.24, 2.45) is 5.92 Å². The molecule has 1 aromatic carbocycles. The fraction of sp³-hybridized carbons (Fsp3) is 0.538. The number of hydrogen-bond acceptors (Lipinski definition) is 3. The summed E-state index contributed by atoms with van der Waals surface area (Å²) in [6, 6.07) is 4.62. The van der Waals surface area contributed by atoms with Crippen LogP contribution < -0.4 is 5.32 Å². The molecule has 18 heavy (non-hydrogen) atoms. The highest BCUT2D eigenvalue weighted by atomic mass is 19.1. The molecule has 0 aliphatic rings. The van der Waals surface area contributed by atoms with Gasteiger partial charge in [-0.1, -0.05) is 26.0 Å². The Labute approximate surface area is 106 Å². The summed E-state index contributed by atoms with van der Waals surface area (Å²) in [6.45, 7) is 4.07. The molecule has 5 heteroatoms. The molecule has 0 amide bonds. The van der Waals surface area contributed by atoms with Gasteiger partial charge in [-0.2, -0.15) is 4.39 Å². The summed E-state index contributed by atoms with van der Waals surface area (Å²) in [6.07, 6.45) is 1.43. The summed E-state index contributed by atoms with van der Waals surface area (Å²) < 4.78 is 13.9. The minimum absolute atomic E-state index is 0.219. The lowest BCUT2D eigenvalue weighted by molar-refractivity contribution is -0.387. The van der Waals surface area contributed by atoms with Crippen LogP contribution in [0.2, 0.25) is 0 Å². The lowest BCUT2D eigenvalue weighted by Gasteiger charge is -2.22. The zero-order valence-corrected chi connectivity index (χ0v) is 10.9. The highest BCUT2D eigenvalue weighted by Gasteiger charge is 2.21. The number of nitro benzene ring substituents is 1. The Balaban J connectivity index is 2.91. The van der Waals surface area contributed by atoms with E-state index >= 15 is 0 Å². The Morgan fingerprint density at radius 3 is 2.67 bits per heavy atom. The van der Waals surface area contributed by atoms with Crippen molar-refractivity contribution in [2.45, 2.75) is 32.7 Å². The van der Waals surface area contributed by atoms with Crippen LogP contribution in [0, 0.1) is 21.8 Å². The van der Waals surface area contributed by atoms with E-state index in [1.165, 1.54) is 12.1 Å². The first-order chi connectivity index (χ1) is 8.51. The molecule has 1 N–H and O–H groups in total. The number of nitrogens with zero attached hydrogens (tertiary/aromatic N) is 1. The third kappa shape index (κ3) is 3.26. The Morgan fingerprint density at radius 1 is 1.50 bits per heavy atom. The molecule has 2 unspecified atom stereocenters. The highest BCUT2D eigenvalue weighted by molar-refractivity contribution is 5.37. The summed E-state index contributed by atoms with van der Waals surface area (Å²) in [4.78, 5) is 9.98. The van der Waals surface area contributed by atoms with E-state index in [0.29, 0.717) is 12.0 Å². The van der Waals surface area contributed by atoms with Gasteiger partial charge in [0.25, 0.3) is 0 Å². The second kappa shape index (κ2) is 6.44. The zero-order valence-electron chi connectivity index (χ0n) is 10.9. The quantitative estimate of drug-likeness (QED) is 0.627. The molecule has 0 aromatic heterocycles. The molecule has 0 bridgehead atoms. The van der Waals surface area contributed by atoms with Gasteiger partial charge in [0.05, 0.1) is 4.92 Å². The molecule has 0 aliphatic heterocycles. The molecule has 0 heterocycles. The van der Waals surface area contributed by atoms with Crippen LogP contribution >= 0.6 is 0 Å². The Morgan fingerprint density at radius 2 is 2.17 bits per heavy atom. The predicted molar refractivity (Wildman–Crippen MR) is 69.1 cm³/mol. The van der Waals surface area contributed by atoms with Gasteiger partial charge in [0.15, 0.2) is 0 Å². The lowest BCUT2D eigenvalue weighted by Crippen LogP contribution is -2.32. The first-order valence-corrected chi connectivity index (χ1v) is 6.10. The van der Waals surface area contributed by atoms with Gasteiger partial charge in [-0.25, -0.2) is 0 Å². The Hall–Kier alpha value is -1.49. The van der Waals surface area contributed by atoms with Crippen molar-refractivity contribution in [3.05, 3.63) is 39.7 Å². The van der Waals surface area contributed by atoms with Gasteiger partial charge >= 0.3 is 5.69 Å². The third-order valence-corrected chi connectivity index (χ3v) is 3.29. The number of rotatable bonds is 6. The maximum Gasteiger partial charge on any atom is 0.305 e. The lowest BCUT2D eigenvalue weighted by atomic mass is 9.92. The topological polar surface area (TPSA) is 55.2 Å². The van der Waals surface area contributed by atoms with Crippen LogP contribution in [0.3, 0.4) is 0 Å². The van der Waals surface area contributed by atoms with Crippen LogP contribution in [0.4, 0.5) is 10.1 Å². The van der Waals surface area contributed by atoms with E-state index in [2.05, 4.69) is 12.2 Å². The average Bonchev–Trinajstić information content (AvgIpc) is 2.33. The highest BCUT2D eigenvalue weighted by Crippen LogP contribution is 2.23. The first-order valence-electron chi connectivity index (χ1n) is 6.10. The second-order valence-electron chi connectivity index (χ2n) is 4.49. The van der Waals surface area contributed by atoms with Crippen LogP contribution in [-0.4, -0.2) is 18.0 Å². The van der Waals surface area contributed by atoms with E-state index in [4.69, 9.17) is 0 Å².